The minimum Gasteiger partial charge on any atom is -0.353 e. The van der Waals surface area contributed by atoms with Crippen molar-refractivity contribution in [1.82, 2.24) is 14.9 Å². The lowest BCUT2D eigenvalue weighted by atomic mass is 9.93. The molecule has 3 rings (SSSR count). The Morgan fingerprint density at radius 1 is 1.20 bits per heavy atom. The predicted molar refractivity (Wildman–Crippen MR) is 68.4 cm³/mol. The van der Waals surface area contributed by atoms with Crippen molar-refractivity contribution < 1.29 is 13.2 Å². The van der Waals surface area contributed by atoms with Gasteiger partial charge in [0, 0.05) is 25.2 Å². The van der Waals surface area contributed by atoms with Gasteiger partial charge in [0.05, 0.1) is 0 Å². The van der Waals surface area contributed by atoms with Crippen molar-refractivity contribution >= 4 is 5.82 Å². The van der Waals surface area contributed by atoms with E-state index in [-0.39, 0.29) is 0 Å². The van der Waals surface area contributed by atoms with Crippen LogP contribution in [0.25, 0.3) is 0 Å². The number of rotatable bonds is 1. The molecule has 0 aliphatic carbocycles. The fraction of sp³-hybridized carbons (Fsp3) is 0.692. The summed E-state index contributed by atoms with van der Waals surface area (Å²) in [6.45, 7) is 2.77. The number of hydrogen-bond donors (Lipinski definition) is 0. The molecular formula is C13H17F3N4. The maximum absolute atomic E-state index is 12.7. The average molecular weight is 286 g/mol. The SMILES string of the molecule is CN1CCC2[C@H](CCN2c2cc(C(F)(F)F)ncn2)C1. The van der Waals surface area contributed by atoms with Crippen LogP contribution < -0.4 is 4.90 Å². The van der Waals surface area contributed by atoms with Crippen LogP contribution in [0.15, 0.2) is 12.4 Å². The molecule has 0 bridgehead atoms. The highest BCUT2D eigenvalue weighted by Crippen LogP contribution is 2.35. The fourth-order valence-electron chi connectivity index (χ4n) is 3.31. The molecule has 1 aromatic heterocycles. The average Bonchev–Trinajstić information content (AvgIpc) is 2.80. The first-order valence-corrected chi connectivity index (χ1v) is 6.79. The molecule has 2 saturated heterocycles. The molecule has 3 heterocycles. The minimum atomic E-state index is -4.41. The van der Waals surface area contributed by atoms with E-state index < -0.39 is 11.9 Å². The van der Waals surface area contributed by atoms with E-state index in [0.717, 1.165) is 44.9 Å². The van der Waals surface area contributed by atoms with Gasteiger partial charge in [0.25, 0.3) is 0 Å². The second kappa shape index (κ2) is 4.87. The zero-order chi connectivity index (χ0) is 14.3. The Balaban J connectivity index is 1.83. The third-order valence-electron chi connectivity index (χ3n) is 4.28. The smallest absolute Gasteiger partial charge is 0.353 e. The molecular weight excluding hydrogens is 269 g/mol. The maximum Gasteiger partial charge on any atom is 0.433 e. The van der Waals surface area contributed by atoms with Gasteiger partial charge < -0.3 is 9.80 Å². The summed E-state index contributed by atoms with van der Waals surface area (Å²) in [6.07, 6.45) is -1.41. The standard InChI is InChI=1S/C13H17F3N4/c1-19-4-3-10-9(7-19)2-5-20(10)12-6-11(13(14,15)16)17-8-18-12/h6,8-10H,2-5,7H2,1H3/t9-,10?/m1/s1. The number of halogens is 3. The lowest BCUT2D eigenvalue weighted by Crippen LogP contribution is -2.44. The Morgan fingerprint density at radius 3 is 2.75 bits per heavy atom. The third-order valence-corrected chi connectivity index (χ3v) is 4.28. The largest absolute Gasteiger partial charge is 0.433 e. The van der Waals surface area contributed by atoms with Gasteiger partial charge in [-0.3, -0.25) is 0 Å². The van der Waals surface area contributed by atoms with Crippen LogP contribution in [0.5, 0.6) is 0 Å². The summed E-state index contributed by atoms with van der Waals surface area (Å²) in [7, 11) is 2.09. The highest BCUT2D eigenvalue weighted by molar-refractivity contribution is 5.42. The molecule has 110 valence electrons. The maximum atomic E-state index is 12.7. The quantitative estimate of drug-likeness (QED) is 0.790. The molecule has 0 spiro atoms. The zero-order valence-electron chi connectivity index (χ0n) is 11.3. The van der Waals surface area contributed by atoms with Crippen LogP contribution in [0, 0.1) is 5.92 Å². The van der Waals surface area contributed by atoms with E-state index >= 15 is 0 Å². The van der Waals surface area contributed by atoms with E-state index in [1.54, 1.807) is 0 Å². The summed E-state index contributed by atoms with van der Waals surface area (Å²) in [4.78, 5) is 11.7. The first-order chi connectivity index (χ1) is 9.45. The van der Waals surface area contributed by atoms with Gasteiger partial charge >= 0.3 is 6.18 Å². The Hall–Kier alpha value is -1.37. The second-order valence-corrected chi connectivity index (χ2v) is 5.62. The van der Waals surface area contributed by atoms with Crippen LogP contribution in [0.4, 0.5) is 19.0 Å². The Morgan fingerprint density at radius 2 is 2.00 bits per heavy atom. The number of hydrogen-bond acceptors (Lipinski definition) is 4. The number of aromatic nitrogens is 2. The molecule has 20 heavy (non-hydrogen) atoms. The van der Waals surface area contributed by atoms with Gasteiger partial charge in [-0.05, 0) is 32.4 Å². The number of anilines is 1. The van der Waals surface area contributed by atoms with Gasteiger partial charge in [-0.15, -0.1) is 0 Å². The van der Waals surface area contributed by atoms with Crippen molar-refractivity contribution in [3.05, 3.63) is 18.1 Å². The van der Waals surface area contributed by atoms with E-state index in [2.05, 4.69) is 21.9 Å². The van der Waals surface area contributed by atoms with Crippen LogP contribution in [-0.4, -0.2) is 47.6 Å². The van der Waals surface area contributed by atoms with Gasteiger partial charge in [-0.1, -0.05) is 0 Å². The zero-order valence-corrected chi connectivity index (χ0v) is 11.3. The van der Waals surface area contributed by atoms with Crippen LogP contribution >= 0.6 is 0 Å². The van der Waals surface area contributed by atoms with Gasteiger partial charge in [0.2, 0.25) is 0 Å². The fourth-order valence-corrected chi connectivity index (χ4v) is 3.31. The van der Waals surface area contributed by atoms with Gasteiger partial charge in [0.1, 0.15) is 17.8 Å². The summed E-state index contributed by atoms with van der Waals surface area (Å²) in [5.41, 5.74) is -0.862. The minimum absolute atomic E-state index is 0.308. The molecule has 2 aliphatic rings. The summed E-state index contributed by atoms with van der Waals surface area (Å²) in [5.74, 6) is 0.933. The van der Waals surface area contributed by atoms with Crippen LogP contribution in [0.3, 0.4) is 0 Å². The van der Waals surface area contributed by atoms with Crippen molar-refractivity contribution in [2.45, 2.75) is 25.1 Å². The molecule has 2 fully saturated rings. The van der Waals surface area contributed by atoms with E-state index in [1.807, 2.05) is 4.90 Å². The molecule has 0 amide bonds. The van der Waals surface area contributed by atoms with E-state index in [1.165, 1.54) is 0 Å². The topological polar surface area (TPSA) is 32.3 Å². The Kier molecular flexibility index (Phi) is 3.32. The molecule has 0 radical (unpaired) electrons. The molecule has 7 heteroatoms. The van der Waals surface area contributed by atoms with Gasteiger partial charge in [-0.25, -0.2) is 9.97 Å². The van der Waals surface area contributed by atoms with E-state index in [0.29, 0.717) is 17.8 Å². The molecule has 4 nitrogen and oxygen atoms in total. The molecule has 0 aromatic carbocycles. The van der Waals surface area contributed by atoms with E-state index in [9.17, 15) is 13.2 Å². The van der Waals surface area contributed by atoms with Gasteiger partial charge in [-0.2, -0.15) is 13.2 Å². The second-order valence-electron chi connectivity index (χ2n) is 5.62. The van der Waals surface area contributed by atoms with E-state index in [4.69, 9.17) is 0 Å². The monoisotopic (exact) mass is 286 g/mol. The predicted octanol–water partition coefficient (Wildman–Crippen LogP) is 2.03. The van der Waals surface area contributed by atoms with Gasteiger partial charge in [0.15, 0.2) is 0 Å². The Bertz CT molecular complexity index is 491. The summed E-state index contributed by atoms with van der Waals surface area (Å²) in [5, 5.41) is 0. The molecule has 1 unspecified atom stereocenters. The Labute approximate surface area is 115 Å². The highest BCUT2D eigenvalue weighted by Gasteiger charge is 2.39. The first-order valence-electron chi connectivity index (χ1n) is 6.79. The molecule has 0 N–H and O–H groups in total. The number of likely N-dealkylation sites (tertiary alicyclic amines) is 1. The molecule has 1 aromatic rings. The normalized spacial score (nSPS) is 27.7. The van der Waals surface area contributed by atoms with Crippen molar-refractivity contribution in [2.24, 2.45) is 5.92 Å². The van der Waals surface area contributed by atoms with Crippen molar-refractivity contribution in [2.75, 3.05) is 31.6 Å². The summed E-state index contributed by atoms with van der Waals surface area (Å²) < 4.78 is 38.2. The molecule has 2 atom stereocenters. The van der Waals surface area contributed by atoms with Crippen LogP contribution in [-0.2, 0) is 6.18 Å². The van der Waals surface area contributed by atoms with Crippen LogP contribution in [0.1, 0.15) is 18.5 Å². The third kappa shape index (κ3) is 2.46. The summed E-state index contributed by atoms with van der Waals surface area (Å²) in [6, 6.07) is 1.38. The summed E-state index contributed by atoms with van der Waals surface area (Å²) >= 11 is 0. The van der Waals surface area contributed by atoms with Crippen molar-refractivity contribution in [3.8, 4) is 0 Å². The number of nitrogens with zero attached hydrogens (tertiary/aromatic N) is 4. The number of piperidine rings is 1. The first kappa shape index (κ1) is 13.6. The van der Waals surface area contributed by atoms with Crippen LogP contribution in [0.2, 0.25) is 0 Å². The molecule has 0 saturated carbocycles. The molecule has 2 aliphatic heterocycles. The lowest BCUT2D eigenvalue weighted by Gasteiger charge is -2.36. The number of fused-ring (bicyclic) bond motifs is 1. The van der Waals surface area contributed by atoms with Crippen molar-refractivity contribution in [3.63, 3.8) is 0 Å². The highest BCUT2D eigenvalue weighted by atomic mass is 19.4. The van der Waals surface area contributed by atoms with Crippen molar-refractivity contribution in [1.29, 1.82) is 0 Å². The lowest BCUT2D eigenvalue weighted by molar-refractivity contribution is -0.141. The number of alkyl halides is 3.